The highest BCUT2D eigenvalue weighted by Crippen LogP contribution is 2.08. The predicted molar refractivity (Wildman–Crippen MR) is 59.2 cm³/mol. The van der Waals surface area contributed by atoms with Crippen LogP contribution in [0.4, 0.5) is 0 Å². The average molecular weight is 313 g/mol. The van der Waals surface area contributed by atoms with E-state index in [4.69, 9.17) is 10.2 Å². The van der Waals surface area contributed by atoms with Gasteiger partial charge in [-0.05, 0) is 19.3 Å². The van der Waals surface area contributed by atoms with E-state index in [1.807, 2.05) is 0 Å². The van der Waals surface area contributed by atoms with E-state index < -0.39 is 18.0 Å². The number of carboxylic acid groups (broad SMARTS) is 2. The largest absolute Gasteiger partial charge is 0.480 e. The molecule has 0 amide bonds. The van der Waals surface area contributed by atoms with Gasteiger partial charge < -0.3 is 10.2 Å². The first kappa shape index (κ1) is 13.4. The van der Waals surface area contributed by atoms with Gasteiger partial charge in [0.05, 0.1) is 0 Å². The first-order valence-electron chi connectivity index (χ1n) is 3.99. The maximum absolute atomic E-state index is 10.5. The highest BCUT2D eigenvalue weighted by atomic mass is 127. The number of hydrogen-bond acceptors (Lipinski definition) is 3. The van der Waals surface area contributed by atoms with Gasteiger partial charge in [0.1, 0.15) is 6.04 Å². The molecule has 0 spiro atoms. The monoisotopic (exact) mass is 313 g/mol. The molecule has 80 valence electrons. The van der Waals surface area contributed by atoms with Crippen LogP contribution in [-0.2, 0) is 9.59 Å². The molecular formula is C8H12INO4. The molecule has 1 unspecified atom stereocenters. The first-order valence-corrected chi connectivity index (χ1v) is 5.07. The van der Waals surface area contributed by atoms with Gasteiger partial charge in [-0.3, -0.25) is 4.79 Å². The summed E-state index contributed by atoms with van der Waals surface area (Å²) >= 11 is 1.77. The Morgan fingerprint density at radius 1 is 1.43 bits per heavy atom. The van der Waals surface area contributed by atoms with Crippen molar-refractivity contribution >= 4 is 34.8 Å². The lowest BCUT2D eigenvalue weighted by Gasteiger charge is -2.08. The molecule has 0 rings (SSSR count). The second-order valence-electron chi connectivity index (χ2n) is 2.80. The van der Waals surface area contributed by atoms with Crippen LogP contribution in [0.2, 0.25) is 0 Å². The van der Waals surface area contributed by atoms with Gasteiger partial charge in [-0.25, -0.2) is 8.32 Å². The molecule has 0 aliphatic heterocycles. The fourth-order valence-corrected chi connectivity index (χ4v) is 1.43. The second-order valence-corrected chi connectivity index (χ2v) is 3.42. The zero-order valence-corrected chi connectivity index (χ0v) is 9.65. The minimum absolute atomic E-state index is 0.114. The Morgan fingerprint density at radius 2 is 2.00 bits per heavy atom. The normalized spacial score (nSPS) is 12.1. The fourth-order valence-electron chi connectivity index (χ4n) is 0.851. The highest BCUT2D eigenvalue weighted by molar-refractivity contribution is 14.1. The van der Waals surface area contributed by atoms with E-state index in [-0.39, 0.29) is 5.57 Å². The van der Waals surface area contributed by atoms with E-state index in [1.54, 1.807) is 22.9 Å². The molecule has 0 heterocycles. The summed E-state index contributed by atoms with van der Waals surface area (Å²) in [5.74, 6) is -1.96. The summed E-state index contributed by atoms with van der Waals surface area (Å²) in [6, 6.07) is -0.628. The number of carbonyl (C=O) groups is 2. The van der Waals surface area contributed by atoms with E-state index in [1.165, 1.54) is 0 Å². The summed E-state index contributed by atoms with van der Waals surface area (Å²) in [4.78, 5) is 20.9. The third-order valence-corrected chi connectivity index (χ3v) is 2.46. The van der Waals surface area contributed by atoms with Crippen LogP contribution in [0.5, 0.6) is 0 Å². The molecule has 0 aliphatic carbocycles. The van der Waals surface area contributed by atoms with E-state index in [2.05, 4.69) is 10.1 Å². The number of aliphatic carboxylic acids is 2. The Labute approximate surface area is 95.7 Å². The second kappa shape index (κ2) is 6.77. The van der Waals surface area contributed by atoms with Crippen LogP contribution in [0.1, 0.15) is 19.3 Å². The summed E-state index contributed by atoms with van der Waals surface area (Å²) in [6.45, 7) is 3.35. The van der Waals surface area contributed by atoms with Crippen LogP contribution in [0.25, 0.3) is 0 Å². The molecule has 0 saturated heterocycles. The lowest BCUT2D eigenvalue weighted by molar-refractivity contribution is -0.139. The van der Waals surface area contributed by atoms with Gasteiger partial charge in [0.15, 0.2) is 0 Å². The van der Waals surface area contributed by atoms with Gasteiger partial charge in [0.25, 0.3) is 0 Å². The van der Waals surface area contributed by atoms with Gasteiger partial charge in [-0.1, -0.05) is 6.58 Å². The van der Waals surface area contributed by atoms with Crippen molar-refractivity contribution in [2.75, 3.05) is 0 Å². The molecule has 14 heavy (non-hydrogen) atoms. The van der Waals surface area contributed by atoms with Crippen LogP contribution in [0.15, 0.2) is 12.2 Å². The minimum Gasteiger partial charge on any atom is -0.480 e. The molecule has 5 nitrogen and oxygen atoms in total. The lowest BCUT2D eigenvalue weighted by atomic mass is 10.1. The SMILES string of the molecule is C=C(CCCC(NI)C(=O)O)C(=O)O. The van der Waals surface area contributed by atoms with Crippen molar-refractivity contribution in [2.24, 2.45) is 0 Å². The van der Waals surface area contributed by atoms with Crippen LogP contribution >= 0.6 is 22.9 Å². The quantitative estimate of drug-likeness (QED) is 0.373. The van der Waals surface area contributed by atoms with Crippen molar-refractivity contribution in [1.82, 2.24) is 3.53 Å². The van der Waals surface area contributed by atoms with Gasteiger partial charge in [0.2, 0.25) is 0 Å². The van der Waals surface area contributed by atoms with Crippen LogP contribution in [0.3, 0.4) is 0 Å². The predicted octanol–water partition coefficient (Wildman–Crippen LogP) is 1.19. The highest BCUT2D eigenvalue weighted by Gasteiger charge is 2.15. The summed E-state index contributed by atoms with van der Waals surface area (Å²) in [7, 11) is 0. The molecule has 0 bridgehead atoms. The van der Waals surface area contributed by atoms with Gasteiger partial charge in [-0.2, -0.15) is 0 Å². The third kappa shape index (κ3) is 5.18. The van der Waals surface area contributed by atoms with Crippen molar-refractivity contribution in [3.05, 3.63) is 12.2 Å². The van der Waals surface area contributed by atoms with Crippen molar-refractivity contribution in [1.29, 1.82) is 0 Å². The molecule has 3 N–H and O–H groups in total. The van der Waals surface area contributed by atoms with Crippen LogP contribution in [0, 0.1) is 0 Å². The fraction of sp³-hybridized carbons (Fsp3) is 0.500. The first-order chi connectivity index (χ1) is 6.49. The maximum atomic E-state index is 10.5. The maximum Gasteiger partial charge on any atom is 0.330 e. The van der Waals surface area contributed by atoms with E-state index in [9.17, 15) is 9.59 Å². The standard InChI is InChI=1S/C8H12INO4/c1-5(7(11)12)3-2-4-6(10-9)8(13)14/h6,10H,1-4H2,(H,11,12)(H,13,14). The number of rotatable bonds is 7. The van der Waals surface area contributed by atoms with Crippen LogP contribution < -0.4 is 3.53 Å². The number of hydrogen-bond donors (Lipinski definition) is 3. The number of halogens is 1. The summed E-state index contributed by atoms with van der Waals surface area (Å²) < 4.78 is 2.60. The topological polar surface area (TPSA) is 86.6 Å². The molecule has 1 atom stereocenters. The molecule has 6 heteroatoms. The number of nitrogens with one attached hydrogen (secondary N) is 1. The summed E-state index contributed by atoms with van der Waals surface area (Å²) in [5.41, 5.74) is 0.114. The molecule has 0 aromatic carbocycles. The minimum atomic E-state index is -1.03. The van der Waals surface area contributed by atoms with Crippen molar-refractivity contribution in [2.45, 2.75) is 25.3 Å². The van der Waals surface area contributed by atoms with Crippen molar-refractivity contribution < 1.29 is 19.8 Å². The van der Waals surface area contributed by atoms with Crippen LogP contribution in [-0.4, -0.2) is 28.2 Å². The molecule has 0 radical (unpaired) electrons. The van der Waals surface area contributed by atoms with Crippen molar-refractivity contribution in [3.63, 3.8) is 0 Å². The van der Waals surface area contributed by atoms with Gasteiger partial charge in [0, 0.05) is 28.4 Å². The number of carboxylic acids is 2. The molecule has 0 fully saturated rings. The Bertz CT molecular complexity index is 241. The van der Waals surface area contributed by atoms with E-state index in [0.29, 0.717) is 19.3 Å². The lowest BCUT2D eigenvalue weighted by Crippen LogP contribution is -2.29. The summed E-state index contributed by atoms with van der Waals surface area (Å²) in [6.07, 6.45) is 1.21. The summed E-state index contributed by atoms with van der Waals surface area (Å²) in [5, 5.41) is 17.1. The van der Waals surface area contributed by atoms with E-state index >= 15 is 0 Å². The zero-order chi connectivity index (χ0) is 11.1. The molecule has 0 aromatic heterocycles. The van der Waals surface area contributed by atoms with Crippen molar-refractivity contribution in [3.8, 4) is 0 Å². The Balaban J connectivity index is 3.77. The Hall–Kier alpha value is -0.630. The smallest absolute Gasteiger partial charge is 0.330 e. The molecule has 0 saturated carbocycles. The zero-order valence-electron chi connectivity index (χ0n) is 7.49. The third-order valence-electron chi connectivity index (χ3n) is 1.70. The Kier molecular flexibility index (Phi) is 6.46. The Morgan fingerprint density at radius 3 is 2.36 bits per heavy atom. The van der Waals surface area contributed by atoms with E-state index in [0.717, 1.165) is 0 Å². The average Bonchev–Trinajstić information content (AvgIpc) is 2.11. The van der Waals surface area contributed by atoms with Gasteiger partial charge >= 0.3 is 11.9 Å². The molecular weight excluding hydrogens is 301 g/mol. The molecule has 0 aromatic rings. The van der Waals surface area contributed by atoms with Gasteiger partial charge in [-0.15, -0.1) is 0 Å². The molecule has 0 aliphatic rings.